The van der Waals surface area contributed by atoms with E-state index < -0.39 is 0 Å². The predicted molar refractivity (Wildman–Crippen MR) is 90.6 cm³/mol. The molecule has 0 atom stereocenters. The highest BCUT2D eigenvalue weighted by Gasteiger charge is 1.99. The lowest BCUT2D eigenvalue weighted by atomic mass is 10.0. The Hall–Kier alpha value is -1.50. The summed E-state index contributed by atoms with van der Waals surface area (Å²) in [5.41, 5.74) is 4.03. The topological polar surface area (TPSA) is 3.24 Å². The summed E-state index contributed by atoms with van der Waals surface area (Å²) in [6.07, 6.45) is 11.1. The maximum Gasteiger partial charge on any atom is 0.00986 e. The molecule has 1 heteroatoms. The van der Waals surface area contributed by atoms with Gasteiger partial charge in [-0.05, 0) is 37.0 Å². The van der Waals surface area contributed by atoms with E-state index >= 15 is 0 Å². The van der Waals surface area contributed by atoms with Crippen LogP contribution in [0.15, 0.2) is 47.7 Å². The molecule has 20 heavy (non-hydrogen) atoms. The summed E-state index contributed by atoms with van der Waals surface area (Å²) < 4.78 is 0. The summed E-state index contributed by atoms with van der Waals surface area (Å²) in [6, 6.07) is 10.6. The molecular weight excluding hydrogens is 242 g/mol. The molecule has 0 amide bonds. The first-order valence-electron chi connectivity index (χ1n) is 7.74. The van der Waals surface area contributed by atoms with Crippen LogP contribution in [0.1, 0.15) is 51.5 Å². The zero-order valence-electron chi connectivity index (χ0n) is 13.5. The molecule has 0 bridgehead atoms. The molecule has 1 aromatic rings. The lowest BCUT2D eigenvalue weighted by Gasteiger charge is -2.14. The summed E-state index contributed by atoms with van der Waals surface area (Å²) in [5, 5.41) is 0. The van der Waals surface area contributed by atoms with Crippen LogP contribution in [0.3, 0.4) is 0 Å². The Labute approximate surface area is 125 Å². The van der Waals surface area contributed by atoms with E-state index in [0.717, 1.165) is 0 Å². The van der Waals surface area contributed by atoms with Gasteiger partial charge in [-0.25, -0.2) is 0 Å². The molecule has 0 fully saturated rings. The van der Waals surface area contributed by atoms with Crippen LogP contribution in [0.25, 0.3) is 6.08 Å². The second kappa shape index (κ2) is 9.41. The average molecular weight is 271 g/mol. The van der Waals surface area contributed by atoms with E-state index in [2.05, 4.69) is 75.3 Å². The van der Waals surface area contributed by atoms with Crippen molar-refractivity contribution in [3.63, 3.8) is 0 Å². The van der Waals surface area contributed by atoms with Crippen LogP contribution in [0.4, 0.5) is 0 Å². The molecule has 0 aromatic heterocycles. The van der Waals surface area contributed by atoms with Gasteiger partial charge in [0.15, 0.2) is 0 Å². The number of unbranched alkanes of at least 4 members (excludes halogenated alkanes) is 3. The molecule has 0 aliphatic rings. The number of benzene rings is 1. The number of allylic oxidation sites excluding steroid dienone is 3. The highest BCUT2D eigenvalue weighted by molar-refractivity contribution is 5.56. The Morgan fingerprint density at radius 3 is 2.35 bits per heavy atom. The maximum atomic E-state index is 2.32. The average Bonchev–Trinajstić information content (AvgIpc) is 2.44. The molecule has 1 rings (SSSR count). The Bertz CT molecular complexity index is 426. The van der Waals surface area contributed by atoms with Crippen LogP contribution in [0.5, 0.6) is 0 Å². The van der Waals surface area contributed by atoms with E-state index in [1.807, 2.05) is 0 Å². The number of hydrogen-bond acceptors (Lipinski definition) is 1. The van der Waals surface area contributed by atoms with Crippen LogP contribution >= 0.6 is 0 Å². The molecule has 0 aliphatic carbocycles. The van der Waals surface area contributed by atoms with Gasteiger partial charge < -0.3 is 4.90 Å². The van der Waals surface area contributed by atoms with Gasteiger partial charge in [-0.1, -0.05) is 62.6 Å². The third kappa shape index (κ3) is 6.60. The van der Waals surface area contributed by atoms with Gasteiger partial charge in [-0.2, -0.15) is 0 Å². The molecule has 1 aromatic carbocycles. The maximum absolute atomic E-state index is 2.32. The lowest BCUT2D eigenvalue weighted by molar-refractivity contribution is 0.512. The van der Waals surface area contributed by atoms with Crippen LogP contribution in [-0.4, -0.2) is 19.0 Å². The Morgan fingerprint density at radius 2 is 1.75 bits per heavy atom. The van der Waals surface area contributed by atoms with Gasteiger partial charge in [0.05, 0.1) is 0 Å². The highest BCUT2D eigenvalue weighted by Crippen LogP contribution is 2.17. The molecule has 1 nitrogen and oxygen atoms in total. The fourth-order valence-corrected chi connectivity index (χ4v) is 2.10. The summed E-state index contributed by atoms with van der Waals surface area (Å²) in [6.45, 7) is 4.43. The largest absolute Gasteiger partial charge is 0.381 e. The lowest BCUT2D eigenvalue weighted by Crippen LogP contribution is -2.08. The van der Waals surface area contributed by atoms with Crippen molar-refractivity contribution in [1.29, 1.82) is 0 Å². The van der Waals surface area contributed by atoms with Gasteiger partial charge in [0.25, 0.3) is 0 Å². The molecule has 0 radical (unpaired) electrons. The summed E-state index contributed by atoms with van der Waals surface area (Å²) in [4.78, 5) is 2.17. The molecule has 0 heterocycles. The van der Waals surface area contributed by atoms with Crippen LogP contribution in [0, 0.1) is 0 Å². The van der Waals surface area contributed by atoms with E-state index in [1.165, 1.54) is 48.9 Å². The molecule has 110 valence electrons. The quantitative estimate of drug-likeness (QED) is 0.445. The van der Waals surface area contributed by atoms with E-state index in [9.17, 15) is 0 Å². The van der Waals surface area contributed by atoms with Crippen molar-refractivity contribution in [3.8, 4) is 0 Å². The molecule has 0 spiro atoms. The van der Waals surface area contributed by atoms with Crippen molar-refractivity contribution in [2.45, 2.75) is 46.0 Å². The van der Waals surface area contributed by atoms with E-state index in [4.69, 9.17) is 0 Å². The van der Waals surface area contributed by atoms with Gasteiger partial charge >= 0.3 is 0 Å². The highest BCUT2D eigenvalue weighted by atomic mass is 15.1. The minimum Gasteiger partial charge on any atom is -0.381 e. The minimum atomic E-state index is 1.17. The van der Waals surface area contributed by atoms with Crippen molar-refractivity contribution in [2.75, 3.05) is 14.1 Å². The Balaban J connectivity index is 2.79. The second-order valence-corrected chi connectivity index (χ2v) is 5.62. The zero-order valence-corrected chi connectivity index (χ0v) is 13.5. The van der Waals surface area contributed by atoms with Gasteiger partial charge in [0.1, 0.15) is 0 Å². The summed E-state index contributed by atoms with van der Waals surface area (Å²) in [7, 11) is 4.20. The van der Waals surface area contributed by atoms with Gasteiger partial charge in [-0.3, -0.25) is 0 Å². The standard InChI is InChI=1S/C19H29N/c1-5-6-7-9-14-19(15-17(2)20(3)4)16-18-12-10-8-11-13-18/h8,10-13,15-16H,5-7,9,14H2,1-4H3/b17-15+,19-16+. The van der Waals surface area contributed by atoms with Crippen LogP contribution < -0.4 is 0 Å². The molecule has 0 aliphatic heterocycles. The SMILES string of the molecule is CCCCCCC(=C\c1ccccc1)/C=C(\C)N(C)C. The van der Waals surface area contributed by atoms with Crippen molar-refractivity contribution in [2.24, 2.45) is 0 Å². The van der Waals surface area contributed by atoms with E-state index in [-0.39, 0.29) is 0 Å². The smallest absolute Gasteiger partial charge is 0.00986 e. The number of hydrogen-bond donors (Lipinski definition) is 0. The van der Waals surface area contributed by atoms with Crippen LogP contribution in [-0.2, 0) is 0 Å². The molecule has 0 N–H and O–H groups in total. The Morgan fingerprint density at radius 1 is 1.05 bits per heavy atom. The van der Waals surface area contributed by atoms with E-state index in [0.29, 0.717) is 0 Å². The van der Waals surface area contributed by atoms with Crippen molar-refractivity contribution < 1.29 is 0 Å². The number of nitrogens with zero attached hydrogens (tertiary/aromatic N) is 1. The van der Waals surface area contributed by atoms with Gasteiger partial charge in [0.2, 0.25) is 0 Å². The van der Waals surface area contributed by atoms with Gasteiger partial charge in [0, 0.05) is 19.8 Å². The first kappa shape index (κ1) is 16.6. The number of rotatable bonds is 8. The van der Waals surface area contributed by atoms with Gasteiger partial charge in [-0.15, -0.1) is 0 Å². The van der Waals surface area contributed by atoms with Crippen molar-refractivity contribution in [1.82, 2.24) is 4.90 Å². The van der Waals surface area contributed by atoms with Crippen molar-refractivity contribution >= 4 is 6.08 Å². The fraction of sp³-hybridized carbons (Fsp3) is 0.474. The molecule has 0 saturated carbocycles. The predicted octanol–water partition coefficient (Wildman–Crippen LogP) is 5.51. The third-order valence-electron chi connectivity index (χ3n) is 3.57. The molecule has 0 saturated heterocycles. The summed E-state index contributed by atoms with van der Waals surface area (Å²) >= 11 is 0. The zero-order chi connectivity index (χ0) is 14.8. The monoisotopic (exact) mass is 271 g/mol. The Kier molecular flexibility index (Phi) is 7.79. The normalized spacial score (nSPS) is 12.6. The third-order valence-corrected chi connectivity index (χ3v) is 3.57. The first-order chi connectivity index (χ1) is 9.63. The first-order valence-corrected chi connectivity index (χ1v) is 7.74. The summed E-state index contributed by atoms with van der Waals surface area (Å²) in [5.74, 6) is 0. The van der Waals surface area contributed by atoms with Crippen LogP contribution in [0.2, 0.25) is 0 Å². The molecule has 0 unspecified atom stereocenters. The van der Waals surface area contributed by atoms with Crippen molar-refractivity contribution in [3.05, 3.63) is 53.2 Å². The molecular formula is C19H29N. The fourth-order valence-electron chi connectivity index (χ4n) is 2.10. The van der Waals surface area contributed by atoms with E-state index in [1.54, 1.807) is 0 Å². The minimum absolute atomic E-state index is 1.17. The second-order valence-electron chi connectivity index (χ2n) is 5.62.